The molecule has 3 heteroatoms. The van der Waals surface area contributed by atoms with E-state index in [1.54, 1.807) is 6.92 Å². The molecule has 0 aromatic heterocycles. The first-order valence-electron chi connectivity index (χ1n) is 7.64. The molecule has 0 bridgehead atoms. The van der Waals surface area contributed by atoms with Gasteiger partial charge < -0.3 is 4.79 Å². The lowest BCUT2D eigenvalue weighted by atomic mass is 10.1. The Morgan fingerprint density at radius 2 is 1.68 bits per heavy atom. The van der Waals surface area contributed by atoms with Crippen LogP contribution in [0.5, 0.6) is 0 Å². The van der Waals surface area contributed by atoms with Gasteiger partial charge in [-0.15, -0.1) is 0 Å². The molecule has 0 atom stereocenters. The lowest BCUT2D eigenvalue weighted by Crippen LogP contribution is -2.24. The molecular weight excluding hydrogens is 385 g/mol. The van der Waals surface area contributed by atoms with Crippen molar-refractivity contribution in [2.45, 2.75) is 32.9 Å². The summed E-state index contributed by atoms with van der Waals surface area (Å²) in [6, 6.07) is 19.0. The van der Waals surface area contributed by atoms with Crippen LogP contribution >= 0.6 is 22.6 Å². The number of carbonyl (C=O) groups excluding carboxylic acids is 1. The second-order valence-corrected chi connectivity index (χ2v) is 6.76. The molecule has 22 heavy (non-hydrogen) atoms. The van der Waals surface area contributed by atoms with Crippen LogP contribution in [0.3, 0.4) is 0 Å². The third kappa shape index (κ3) is 5.89. The standard InChI is InChI=1S/C19H22INO/c1-16(22)8-7-13-21(14-17-9-3-2-4-10-17)15-18-11-5-6-12-19(18)20/h2-6,9-12H,7-8,13-15H2,1H3. The summed E-state index contributed by atoms with van der Waals surface area (Å²) in [5, 5.41) is 0. The Balaban J connectivity index is 2.03. The Labute approximate surface area is 146 Å². The van der Waals surface area contributed by atoms with Crippen LogP contribution in [-0.2, 0) is 17.9 Å². The minimum atomic E-state index is 0.272. The van der Waals surface area contributed by atoms with Gasteiger partial charge in [-0.3, -0.25) is 4.90 Å². The van der Waals surface area contributed by atoms with E-state index in [1.807, 2.05) is 6.07 Å². The Bertz CT molecular complexity index is 597. The van der Waals surface area contributed by atoms with E-state index in [9.17, 15) is 4.79 Å². The first kappa shape index (κ1) is 17.2. The monoisotopic (exact) mass is 407 g/mol. The van der Waals surface area contributed by atoms with Crippen LogP contribution in [-0.4, -0.2) is 17.2 Å². The fourth-order valence-corrected chi connectivity index (χ4v) is 3.03. The van der Waals surface area contributed by atoms with Crippen molar-refractivity contribution >= 4 is 28.4 Å². The summed E-state index contributed by atoms with van der Waals surface area (Å²) in [5.74, 6) is 0.272. The van der Waals surface area contributed by atoms with Crippen LogP contribution < -0.4 is 0 Å². The fraction of sp³-hybridized carbons (Fsp3) is 0.316. The summed E-state index contributed by atoms with van der Waals surface area (Å²) >= 11 is 2.39. The second kappa shape index (κ2) is 9.06. The van der Waals surface area contributed by atoms with Crippen molar-refractivity contribution in [3.05, 3.63) is 69.3 Å². The lowest BCUT2D eigenvalue weighted by Gasteiger charge is -2.23. The summed E-state index contributed by atoms with van der Waals surface area (Å²) in [7, 11) is 0. The van der Waals surface area contributed by atoms with Crippen molar-refractivity contribution in [2.24, 2.45) is 0 Å². The van der Waals surface area contributed by atoms with Gasteiger partial charge in [0.1, 0.15) is 5.78 Å². The van der Waals surface area contributed by atoms with E-state index in [0.29, 0.717) is 6.42 Å². The third-order valence-corrected chi connectivity index (χ3v) is 4.66. The number of rotatable bonds is 8. The highest BCUT2D eigenvalue weighted by Crippen LogP contribution is 2.16. The highest BCUT2D eigenvalue weighted by molar-refractivity contribution is 14.1. The summed E-state index contributed by atoms with van der Waals surface area (Å²) in [4.78, 5) is 13.6. The molecule has 2 nitrogen and oxygen atoms in total. The van der Waals surface area contributed by atoms with Gasteiger partial charge in [-0.25, -0.2) is 0 Å². The maximum atomic E-state index is 11.2. The third-order valence-electron chi connectivity index (χ3n) is 3.60. The van der Waals surface area contributed by atoms with Crippen LogP contribution in [0.4, 0.5) is 0 Å². The molecule has 116 valence electrons. The summed E-state index contributed by atoms with van der Waals surface area (Å²) in [6.07, 6.45) is 1.59. The lowest BCUT2D eigenvalue weighted by molar-refractivity contribution is -0.117. The Morgan fingerprint density at radius 1 is 1.00 bits per heavy atom. The van der Waals surface area contributed by atoms with Gasteiger partial charge in [-0.1, -0.05) is 48.5 Å². The van der Waals surface area contributed by atoms with Crippen molar-refractivity contribution in [2.75, 3.05) is 6.54 Å². The van der Waals surface area contributed by atoms with Crippen LogP contribution in [0.15, 0.2) is 54.6 Å². The predicted octanol–water partition coefficient (Wildman–Crippen LogP) is 4.66. The maximum Gasteiger partial charge on any atom is 0.129 e. The predicted molar refractivity (Wildman–Crippen MR) is 99.6 cm³/mol. The number of nitrogens with zero attached hydrogens (tertiary/aromatic N) is 1. The van der Waals surface area contributed by atoms with Crippen molar-refractivity contribution in [3.63, 3.8) is 0 Å². The van der Waals surface area contributed by atoms with Crippen LogP contribution in [0, 0.1) is 3.57 Å². The average Bonchev–Trinajstić information content (AvgIpc) is 2.50. The highest BCUT2D eigenvalue weighted by atomic mass is 127. The molecule has 0 spiro atoms. The van der Waals surface area contributed by atoms with E-state index in [1.165, 1.54) is 14.7 Å². The van der Waals surface area contributed by atoms with E-state index in [0.717, 1.165) is 26.1 Å². The maximum absolute atomic E-state index is 11.2. The topological polar surface area (TPSA) is 20.3 Å². The van der Waals surface area contributed by atoms with E-state index >= 15 is 0 Å². The number of ketones is 1. The zero-order valence-corrected chi connectivity index (χ0v) is 15.1. The quantitative estimate of drug-likeness (QED) is 0.594. The average molecular weight is 407 g/mol. The highest BCUT2D eigenvalue weighted by Gasteiger charge is 2.09. The van der Waals surface area contributed by atoms with Gasteiger partial charge in [0.25, 0.3) is 0 Å². The molecule has 0 saturated carbocycles. The molecule has 0 radical (unpaired) electrons. The molecule has 2 aromatic rings. The first-order chi connectivity index (χ1) is 10.6. The molecular formula is C19H22INO. The zero-order chi connectivity index (χ0) is 15.8. The van der Waals surface area contributed by atoms with Gasteiger partial charge in [-0.2, -0.15) is 0 Å². The van der Waals surface area contributed by atoms with Gasteiger partial charge in [0, 0.05) is 23.1 Å². The molecule has 0 heterocycles. The molecule has 0 aliphatic rings. The minimum absolute atomic E-state index is 0.272. The first-order valence-corrected chi connectivity index (χ1v) is 8.72. The summed E-state index contributed by atoms with van der Waals surface area (Å²) in [5.41, 5.74) is 2.66. The van der Waals surface area contributed by atoms with Crippen molar-refractivity contribution in [1.29, 1.82) is 0 Å². The van der Waals surface area contributed by atoms with Crippen LogP contribution in [0.1, 0.15) is 30.9 Å². The minimum Gasteiger partial charge on any atom is -0.300 e. The van der Waals surface area contributed by atoms with Crippen LogP contribution in [0.2, 0.25) is 0 Å². The number of hydrogen-bond acceptors (Lipinski definition) is 2. The van der Waals surface area contributed by atoms with E-state index < -0.39 is 0 Å². The van der Waals surface area contributed by atoms with Gasteiger partial charge in [0.05, 0.1) is 0 Å². The molecule has 0 saturated heterocycles. The molecule has 2 rings (SSSR count). The fourth-order valence-electron chi connectivity index (χ4n) is 2.47. The number of Topliss-reactive ketones (excluding diaryl/α,β-unsaturated/α-hetero) is 1. The van der Waals surface area contributed by atoms with Crippen molar-refractivity contribution in [1.82, 2.24) is 4.90 Å². The molecule has 0 unspecified atom stereocenters. The summed E-state index contributed by atoms with van der Waals surface area (Å²) < 4.78 is 1.30. The smallest absolute Gasteiger partial charge is 0.129 e. The number of halogens is 1. The Morgan fingerprint density at radius 3 is 2.36 bits per heavy atom. The normalized spacial score (nSPS) is 10.9. The van der Waals surface area contributed by atoms with E-state index in [-0.39, 0.29) is 5.78 Å². The molecule has 0 N–H and O–H groups in total. The molecule has 0 aliphatic carbocycles. The van der Waals surface area contributed by atoms with Gasteiger partial charge >= 0.3 is 0 Å². The van der Waals surface area contributed by atoms with E-state index in [4.69, 9.17) is 0 Å². The van der Waals surface area contributed by atoms with Crippen molar-refractivity contribution < 1.29 is 4.79 Å². The van der Waals surface area contributed by atoms with Gasteiger partial charge in [-0.05, 0) is 59.7 Å². The Kier molecular flexibility index (Phi) is 7.06. The molecule has 2 aromatic carbocycles. The zero-order valence-electron chi connectivity index (χ0n) is 13.0. The number of hydrogen-bond donors (Lipinski definition) is 0. The largest absolute Gasteiger partial charge is 0.300 e. The molecule has 0 aliphatic heterocycles. The SMILES string of the molecule is CC(=O)CCCN(Cc1ccccc1)Cc1ccccc1I. The van der Waals surface area contributed by atoms with Crippen LogP contribution in [0.25, 0.3) is 0 Å². The Hall–Kier alpha value is -1.20. The van der Waals surface area contributed by atoms with Gasteiger partial charge in [0.15, 0.2) is 0 Å². The molecule has 0 fully saturated rings. The number of carbonyl (C=O) groups is 1. The van der Waals surface area contributed by atoms with Gasteiger partial charge in [0.2, 0.25) is 0 Å². The second-order valence-electron chi connectivity index (χ2n) is 5.59. The summed E-state index contributed by atoms with van der Waals surface area (Å²) in [6.45, 7) is 4.46. The number of benzene rings is 2. The molecule has 0 amide bonds. The van der Waals surface area contributed by atoms with E-state index in [2.05, 4.69) is 76.0 Å². The van der Waals surface area contributed by atoms with Crippen molar-refractivity contribution in [3.8, 4) is 0 Å².